The van der Waals surface area contributed by atoms with Crippen molar-refractivity contribution >= 4 is 11.6 Å². The lowest BCUT2D eigenvalue weighted by molar-refractivity contribution is -0.137. The second-order valence-corrected chi connectivity index (χ2v) is 6.23. The molecule has 0 aliphatic heterocycles. The first-order valence-corrected chi connectivity index (χ1v) is 8.20. The highest BCUT2D eigenvalue weighted by molar-refractivity contribution is 6.03. The molecule has 25 heavy (non-hydrogen) atoms. The normalized spacial score (nSPS) is 13.6. The molecule has 0 radical (unpaired) electrons. The van der Waals surface area contributed by atoms with Crippen molar-refractivity contribution in [2.24, 2.45) is 0 Å². The molecule has 0 heterocycles. The van der Waals surface area contributed by atoms with Crippen molar-refractivity contribution in [2.45, 2.75) is 38.3 Å². The minimum Gasteiger partial charge on any atom is -0.294 e. The van der Waals surface area contributed by atoms with Gasteiger partial charge in [-0.05, 0) is 42.5 Å². The van der Waals surface area contributed by atoms with Crippen LogP contribution in [0.5, 0.6) is 0 Å². The number of ketones is 2. The zero-order valence-electron chi connectivity index (χ0n) is 13.5. The van der Waals surface area contributed by atoms with Gasteiger partial charge in [-0.15, -0.1) is 0 Å². The van der Waals surface area contributed by atoms with Crippen LogP contribution in [0.3, 0.4) is 0 Å². The van der Waals surface area contributed by atoms with E-state index in [9.17, 15) is 22.8 Å². The molecule has 0 aromatic heterocycles. The highest BCUT2D eigenvalue weighted by Crippen LogP contribution is 2.32. The van der Waals surface area contributed by atoms with Gasteiger partial charge in [-0.2, -0.15) is 13.2 Å². The number of carbonyl (C=O) groups excluding carboxylic acids is 2. The molecule has 0 saturated heterocycles. The first kappa shape index (κ1) is 17.4. The number of hydrogen-bond donors (Lipinski definition) is 0. The summed E-state index contributed by atoms with van der Waals surface area (Å²) in [5.74, 6) is -0.880. The lowest BCUT2D eigenvalue weighted by Crippen LogP contribution is -2.14. The second kappa shape index (κ2) is 6.82. The number of benzene rings is 2. The molecule has 5 heteroatoms. The van der Waals surface area contributed by atoms with Crippen molar-refractivity contribution in [3.05, 3.63) is 70.3 Å². The van der Waals surface area contributed by atoms with Crippen molar-refractivity contribution in [3.8, 4) is 0 Å². The van der Waals surface area contributed by atoms with Crippen molar-refractivity contribution in [3.63, 3.8) is 0 Å². The van der Waals surface area contributed by atoms with Gasteiger partial charge in [-0.3, -0.25) is 9.59 Å². The number of alkyl halides is 3. The molecule has 0 amide bonds. The van der Waals surface area contributed by atoms with Gasteiger partial charge in [0.25, 0.3) is 0 Å². The fourth-order valence-electron chi connectivity index (χ4n) is 3.22. The minimum atomic E-state index is -4.59. The van der Waals surface area contributed by atoms with E-state index in [1.165, 1.54) is 17.7 Å². The maximum absolute atomic E-state index is 13.0. The summed E-state index contributed by atoms with van der Waals surface area (Å²) in [4.78, 5) is 24.5. The highest BCUT2D eigenvalue weighted by Gasteiger charge is 2.34. The topological polar surface area (TPSA) is 34.1 Å². The standard InChI is InChI=1S/C20H17F3O2/c21-20(22,23)17-7-2-1-6-16(17)19(25)11-10-18(24)15-9-8-13-4-3-5-14(13)12-15/h1-2,6-9,12H,3-5,10-11H2. The van der Waals surface area contributed by atoms with Gasteiger partial charge >= 0.3 is 6.18 Å². The second-order valence-electron chi connectivity index (χ2n) is 6.23. The number of halogens is 3. The van der Waals surface area contributed by atoms with Crippen molar-refractivity contribution < 1.29 is 22.8 Å². The Balaban J connectivity index is 1.70. The monoisotopic (exact) mass is 346 g/mol. The van der Waals surface area contributed by atoms with E-state index in [2.05, 4.69) is 0 Å². The molecule has 130 valence electrons. The first-order chi connectivity index (χ1) is 11.9. The average Bonchev–Trinajstić information content (AvgIpc) is 3.06. The van der Waals surface area contributed by atoms with E-state index in [0.29, 0.717) is 5.56 Å². The van der Waals surface area contributed by atoms with Crippen LogP contribution in [0, 0.1) is 0 Å². The van der Waals surface area contributed by atoms with Gasteiger partial charge in [-0.25, -0.2) is 0 Å². The van der Waals surface area contributed by atoms with Crippen LogP contribution >= 0.6 is 0 Å². The van der Waals surface area contributed by atoms with Crippen LogP contribution in [0.25, 0.3) is 0 Å². The van der Waals surface area contributed by atoms with E-state index in [1.54, 1.807) is 6.07 Å². The van der Waals surface area contributed by atoms with Crippen molar-refractivity contribution in [1.82, 2.24) is 0 Å². The van der Waals surface area contributed by atoms with Crippen molar-refractivity contribution in [1.29, 1.82) is 0 Å². The lowest BCUT2D eigenvalue weighted by atomic mass is 9.96. The maximum atomic E-state index is 13.0. The molecular weight excluding hydrogens is 329 g/mol. The Kier molecular flexibility index (Phi) is 4.75. The Morgan fingerprint density at radius 2 is 1.56 bits per heavy atom. The lowest BCUT2D eigenvalue weighted by Gasteiger charge is -2.11. The molecule has 2 aromatic rings. The Morgan fingerprint density at radius 1 is 0.880 bits per heavy atom. The number of Topliss-reactive ketones (excluding diaryl/α,β-unsaturated/α-hetero) is 2. The van der Waals surface area contributed by atoms with Crippen LogP contribution in [0.4, 0.5) is 13.2 Å². The van der Waals surface area contributed by atoms with Gasteiger partial charge in [0.05, 0.1) is 5.56 Å². The van der Waals surface area contributed by atoms with E-state index in [0.717, 1.165) is 37.0 Å². The van der Waals surface area contributed by atoms with Crippen LogP contribution in [-0.2, 0) is 19.0 Å². The van der Waals surface area contributed by atoms with Gasteiger partial charge in [0.15, 0.2) is 11.6 Å². The van der Waals surface area contributed by atoms with Crippen LogP contribution < -0.4 is 0 Å². The van der Waals surface area contributed by atoms with Crippen LogP contribution in [0.1, 0.15) is 56.7 Å². The number of aryl methyl sites for hydroxylation is 2. The van der Waals surface area contributed by atoms with E-state index in [4.69, 9.17) is 0 Å². The minimum absolute atomic E-state index is 0.0934. The molecule has 0 bridgehead atoms. The molecule has 0 saturated carbocycles. The number of carbonyl (C=O) groups is 2. The fourth-order valence-corrected chi connectivity index (χ4v) is 3.22. The third-order valence-electron chi connectivity index (χ3n) is 4.53. The third-order valence-corrected chi connectivity index (χ3v) is 4.53. The van der Waals surface area contributed by atoms with Gasteiger partial charge < -0.3 is 0 Å². The number of rotatable bonds is 5. The Labute approximate surface area is 143 Å². The van der Waals surface area contributed by atoms with Gasteiger partial charge in [0.2, 0.25) is 0 Å². The van der Waals surface area contributed by atoms with Gasteiger partial charge in [0, 0.05) is 24.0 Å². The first-order valence-electron chi connectivity index (χ1n) is 8.20. The third kappa shape index (κ3) is 3.81. The summed E-state index contributed by atoms with van der Waals surface area (Å²) >= 11 is 0. The average molecular weight is 346 g/mol. The van der Waals surface area contributed by atoms with Crippen LogP contribution in [0.2, 0.25) is 0 Å². The molecule has 2 aromatic carbocycles. The summed E-state index contributed by atoms with van der Waals surface area (Å²) < 4.78 is 38.9. The van der Waals surface area contributed by atoms with E-state index >= 15 is 0 Å². The summed E-state index contributed by atoms with van der Waals surface area (Å²) in [5, 5.41) is 0. The number of hydrogen-bond acceptors (Lipinski definition) is 2. The fraction of sp³-hybridized carbons (Fsp3) is 0.300. The maximum Gasteiger partial charge on any atom is 0.417 e. The molecule has 0 atom stereocenters. The number of fused-ring (bicyclic) bond motifs is 1. The molecular formula is C20H17F3O2. The van der Waals surface area contributed by atoms with Crippen LogP contribution in [0.15, 0.2) is 42.5 Å². The van der Waals surface area contributed by atoms with E-state index < -0.39 is 17.5 Å². The molecule has 1 aliphatic rings. The van der Waals surface area contributed by atoms with Crippen LogP contribution in [-0.4, -0.2) is 11.6 Å². The van der Waals surface area contributed by atoms with E-state index in [1.807, 2.05) is 12.1 Å². The molecule has 0 N–H and O–H groups in total. The molecule has 0 spiro atoms. The SMILES string of the molecule is O=C(CCC(=O)c1ccccc1C(F)(F)F)c1ccc2c(c1)CCC2. The summed E-state index contributed by atoms with van der Waals surface area (Å²) in [6.45, 7) is 0. The molecule has 3 rings (SSSR count). The van der Waals surface area contributed by atoms with Crippen molar-refractivity contribution in [2.75, 3.05) is 0 Å². The highest BCUT2D eigenvalue weighted by atomic mass is 19.4. The Hall–Kier alpha value is -2.43. The van der Waals surface area contributed by atoms with E-state index in [-0.39, 0.29) is 24.2 Å². The summed E-state index contributed by atoms with van der Waals surface area (Å²) in [6, 6.07) is 10.2. The molecule has 1 aliphatic carbocycles. The Morgan fingerprint density at radius 3 is 2.32 bits per heavy atom. The predicted molar refractivity (Wildman–Crippen MR) is 87.8 cm³/mol. The summed E-state index contributed by atoms with van der Waals surface area (Å²) in [5.41, 5.74) is 1.59. The molecule has 0 unspecified atom stereocenters. The predicted octanol–water partition coefficient (Wildman–Crippen LogP) is 5.04. The smallest absolute Gasteiger partial charge is 0.294 e. The largest absolute Gasteiger partial charge is 0.417 e. The summed E-state index contributed by atoms with van der Waals surface area (Å²) in [7, 11) is 0. The quantitative estimate of drug-likeness (QED) is 0.711. The zero-order chi connectivity index (χ0) is 18.0. The van der Waals surface area contributed by atoms with Gasteiger partial charge in [0.1, 0.15) is 0 Å². The zero-order valence-corrected chi connectivity index (χ0v) is 13.5. The van der Waals surface area contributed by atoms with Gasteiger partial charge in [-0.1, -0.05) is 30.3 Å². The molecule has 0 fully saturated rings. The molecule has 2 nitrogen and oxygen atoms in total. The summed E-state index contributed by atoms with van der Waals surface area (Å²) in [6.07, 6.45) is -1.90. The Bertz CT molecular complexity index is 822.